The number of alkyl halides is 3. The van der Waals surface area contributed by atoms with Gasteiger partial charge in [-0.2, -0.15) is 13.2 Å². The third kappa shape index (κ3) is 3.31. The van der Waals surface area contributed by atoms with Crippen LogP contribution in [-0.2, 0) is 6.18 Å². The summed E-state index contributed by atoms with van der Waals surface area (Å²) < 4.78 is 40.2. The maximum Gasteiger partial charge on any atom is 0.416 e. The van der Waals surface area contributed by atoms with E-state index in [9.17, 15) is 13.2 Å². The van der Waals surface area contributed by atoms with E-state index in [4.69, 9.17) is 0 Å². The van der Waals surface area contributed by atoms with Crippen LogP contribution in [0.25, 0.3) is 22.0 Å². The van der Waals surface area contributed by atoms with Gasteiger partial charge in [-0.05, 0) is 29.8 Å². The van der Waals surface area contributed by atoms with E-state index in [2.05, 4.69) is 9.98 Å². The lowest BCUT2D eigenvalue weighted by molar-refractivity contribution is -0.342. The summed E-state index contributed by atoms with van der Waals surface area (Å²) in [7, 11) is 0. The molecule has 3 aromatic carbocycles. The van der Waals surface area contributed by atoms with Crippen molar-refractivity contribution in [3.05, 3.63) is 101 Å². The van der Waals surface area contributed by atoms with E-state index in [0.717, 1.165) is 44.9 Å². The number of hydrogen-bond acceptors (Lipinski definition) is 0. The van der Waals surface area contributed by atoms with E-state index >= 15 is 0 Å². The van der Waals surface area contributed by atoms with Gasteiger partial charge in [0.05, 0.1) is 16.7 Å². The first-order chi connectivity index (χ1) is 14.0. The van der Waals surface area contributed by atoms with Gasteiger partial charge in [0.2, 0.25) is 5.69 Å². The molecule has 0 atom stereocenters. The van der Waals surface area contributed by atoms with Crippen LogP contribution in [-0.4, -0.2) is 11.2 Å². The largest absolute Gasteiger partial charge is 1.00 e. The Kier molecular flexibility index (Phi) is 5.00. The Hall–Kier alpha value is -3.31. The Morgan fingerprint density at radius 1 is 0.867 bits per heavy atom. The van der Waals surface area contributed by atoms with E-state index < -0.39 is 11.7 Å². The molecule has 0 radical (unpaired) electrons. The Labute approximate surface area is 177 Å². The van der Waals surface area contributed by atoms with Gasteiger partial charge in [0.1, 0.15) is 0 Å². The molecule has 0 aliphatic carbocycles. The van der Waals surface area contributed by atoms with Crippen molar-refractivity contribution in [2.75, 3.05) is 0 Å². The summed E-state index contributed by atoms with van der Waals surface area (Å²) >= 11 is 0. The van der Waals surface area contributed by atoms with Gasteiger partial charge in [-0.25, -0.2) is 4.99 Å². The summed E-state index contributed by atoms with van der Waals surface area (Å²) in [5, 5.41) is 0.963. The molecule has 30 heavy (non-hydrogen) atoms. The molecule has 0 bridgehead atoms. The van der Waals surface area contributed by atoms with Gasteiger partial charge in [0, 0.05) is 34.3 Å². The molecule has 2 N–H and O–H groups in total. The molecule has 0 saturated heterocycles. The fourth-order valence-corrected chi connectivity index (χ4v) is 3.86. The van der Waals surface area contributed by atoms with Crippen LogP contribution < -0.4 is 17.4 Å². The molecule has 6 heteroatoms. The molecule has 0 fully saturated rings. The highest BCUT2D eigenvalue weighted by Crippen LogP contribution is 2.39. The molecule has 2 heterocycles. The summed E-state index contributed by atoms with van der Waals surface area (Å²) in [5.41, 5.74) is 5.19. The summed E-state index contributed by atoms with van der Waals surface area (Å²) in [5.74, 6) is 0. The normalized spacial score (nSPS) is 14.5. The molecule has 0 amide bonds. The Bertz CT molecular complexity index is 1300. The van der Waals surface area contributed by atoms with Crippen molar-refractivity contribution in [2.45, 2.75) is 6.18 Å². The Balaban J connectivity index is 0.00000218. The second-order valence-corrected chi connectivity index (χ2v) is 6.95. The molecule has 4 aromatic rings. The molecule has 1 aliphatic rings. The average Bonchev–Trinajstić information content (AvgIpc) is 3.34. The van der Waals surface area contributed by atoms with Gasteiger partial charge >= 0.3 is 6.18 Å². The SMILES string of the molecule is FC(F)(F)c1cccc(C(=C2C=[NH+]c3ccccc32)c2c[nH]c3ccccc23)c1.[Cl-]. The van der Waals surface area contributed by atoms with E-state index in [-0.39, 0.29) is 12.4 Å². The van der Waals surface area contributed by atoms with Crippen molar-refractivity contribution in [3.8, 4) is 0 Å². The highest BCUT2D eigenvalue weighted by atomic mass is 35.5. The zero-order valence-corrected chi connectivity index (χ0v) is 16.4. The van der Waals surface area contributed by atoms with E-state index in [1.807, 2.05) is 60.9 Å². The van der Waals surface area contributed by atoms with Crippen LogP contribution >= 0.6 is 0 Å². The lowest BCUT2D eigenvalue weighted by Gasteiger charge is -2.13. The van der Waals surface area contributed by atoms with Crippen LogP contribution in [0.3, 0.4) is 0 Å². The number of aromatic amines is 1. The first-order valence-electron chi connectivity index (χ1n) is 9.20. The highest BCUT2D eigenvalue weighted by Gasteiger charge is 2.32. The lowest BCUT2D eigenvalue weighted by Crippen LogP contribution is -3.00. The van der Waals surface area contributed by atoms with Gasteiger partial charge in [-0.15, -0.1) is 0 Å². The number of hydrogen-bond donors (Lipinski definition) is 2. The van der Waals surface area contributed by atoms with Crippen molar-refractivity contribution in [1.29, 1.82) is 0 Å². The van der Waals surface area contributed by atoms with Crippen LogP contribution in [0.1, 0.15) is 22.3 Å². The number of halogens is 4. The minimum absolute atomic E-state index is 0. The van der Waals surface area contributed by atoms with Crippen molar-refractivity contribution < 1.29 is 30.6 Å². The van der Waals surface area contributed by atoms with E-state index in [1.165, 1.54) is 12.1 Å². The zero-order valence-electron chi connectivity index (χ0n) is 15.6. The first kappa shape index (κ1) is 20.0. The van der Waals surface area contributed by atoms with Crippen molar-refractivity contribution in [2.24, 2.45) is 0 Å². The van der Waals surface area contributed by atoms with Crippen molar-refractivity contribution >= 4 is 34.0 Å². The van der Waals surface area contributed by atoms with Crippen LogP contribution in [0.2, 0.25) is 0 Å². The molecule has 150 valence electrons. The summed E-state index contributed by atoms with van der Waals surface area (Å²) in [4.78, 5) is 6.48. The standard InChI is InChI=1S/C24H15F3N2.ClH/c25-24(26,27)16-7-5-6-15(12-16)23(19-13-28-21-10-3-1-8-17(19)21)20-14-29-22-11-4-2-9-18(20)22;/h1-14,28H;1H. The third-order valence-electron chi connectivity index (χ3n) is 5.20. The molecule has 1 aliphatic heterocycles. The summed E-state index contributed by atoms with van der Waals surface area (Å²) in [6, 6.07) is 21.1. The predicted molar refractivity (Wildman–Crippen MR) is 109 cm³/mol. The van der Waals surface area contributed by atoms with Crippen LogP contribution in [0, 0.1) is 0 Å². The Morgan fingerprint density at radius 3 is 2.47 bits per heavy atom. The maximum absolute atomic E-state index is 13.4. The average molecular weight is 425 g/mol. The number of para-hydroxylation sites is 2. The molecule has 5 rings (SSSR count). The van der Waals surface area contributed by atoms with Gasteiger partial charge in [0.25, 0.3) is 0 Å². The highest BCUT2D eigenvalue weighted by molar-refractivity contribution is 6.24. The number of rotatable bonds is 2. The molecule has 1 aromatic heterocycles. The monoisotopic (exact) mass is 424 g/mol. The molecular weight excluding hydrogens is 409 g/mol. The van der Waals surface area contributed by atoms with Gasteiger partial charge in [-0.3, -0.25) is 0 Å². The number of benzene rings is 3. The van der Waals surface area contributed by atoms with Crippen molar-refractivity contribution in [1.82, 2.24) is 4.98 Å². The van der Waals surface area contributed by atoms with E-state index in [0.29, 0.717) is 5.56 Å². The van der Waals surface area contributed by atoms with Crippen molar-refractivity contribution in [3.63, 3.8) is 0 Å². The maximum atomic E-state index is 13.4. The quantitative estimate of drug-likeness (QED) is 0.493. The minimum Gasteiger partial charge on any atom is -1.00 e. The second-order valence-electron chi connectivity index (χ2n) is 6.95. The van der Waals surface area contributed by atoms with Crippen LogP contribution in [0.4, 0.5) is 18.9 Å². The predicted octanol–water partition coefficient (Wildman–Crippen LogP) is 1.95. The molecule has 0 unspecified atom stereocenters. The molecule has 2 nitrogen and oxygen atoms in total. The zero-order chi connectivity index (χ0) is 20.0. The summed E-state index contributed by atoms with van der Waals surface area (Å²) in [6.07, 6.45) is -0.675. The molecule has 0 spiro atoms. The smallest absolute Gasteiger partial charge is 0.416 e. The topological polar surface area (TPSA) is 29.8 Å². The third-order valence-corrected chi connectivity index (χ3v) is 5.20. The number of allylic oxidation sites excluding steroid dienone is 1. The minimum atomic E-state index is -4.40. The number of H-pyrrole nitrogens is 1. The summed E-state index contributed by atoms with van der Waals surface area (Å²) in [6.45, 7) is 0. The Morgan fingerprint density at radius 2 is 1.63 bits per heavy atom. The van der Waals surface area contributed by atoms with Crippen LogP contribution in [0.5, 0.6) is 0 Å². The second kappa shape index (κ2) is 7.50. The number of aromatic nitrogens is 1. The first-order valence-corrected chi connectivity index (χ1v) is 9.20. The van der Waals surface area contributed by atoms with E-state index in [1.54, 1.807) is 6.07 Å². The number of nitrogens with one attached hydrogen (secondary N) is 2. The lowest BCUT2D eigenvalue weighted by atomic mass is 9.89. The van der Waals surface area contributed by atoms with Gasteiger partial charge in [-0.1, -0.05) is 42.5 Å². The fourth-order valence-electron chi connectivity index (χ4n) is 3.86. The molecular formula is C24H16ClF3N2. The fraction of sp³-hybridized carbons (Fsp3) is 0.0417. The van der Waals surface area contributed by atoms with Crippen LogP contribution in [0.15, 0.2) is 79.0 Å². The van der Waals surface area contributed by atoms with Gasteiger partial charge < -0.3 is 17.4 Å². The number of fused-ring (bicyclic) bond motifs is 2. The van der Waals surface area contributed by atoms with Gasteiger partial charge in [0.15, 0.2) is 6.21 Å². The molecule has 0 saturated carbocycles.